The average Bonchev–Trinajstić information content (AvgIpc) is 2.94. The second-order valence-corrected chi connectivity index (χ2v) is 5.50. The summed E-state index contributed by atoms with van der Waals surface area (Å²) in [6.07, 6.45) is 4.34. The van der Waals surface area contributed by atoms with Crippen LogP contribution in [0, 0.1) is 16.0 Å². The summed E-state index contributed by atoms with van der Waals surface area (Å²) >= 11 is 0. The standard InChI is InChI=1S/C15H19N3O4/c1-17(2)14-6-5-12(18(21)22)8-13(14)15(20)16-11-4-3-10(7-11)9-19/h3-6,8,10-11,19H,7,9H2,1-2H3,(H,16,20)/t10-,11+/m0/s1. The number of rotatable bonds is 5. The molecule has 2 N–H and O–H groups in total. The van der Waals surface area contributed by atoms with E-state index in [1.54, 1.807) is 25.1 Å². The Morgan fingerprint density at radius 1 is 1.45 bits per heavy atom. The number of aliphatic hydroxyl groups is 1. The third-order valence-electron chi connectivity index (χ3n) is 3.64. The van der Waals surface area contributed by atoms with Gasteiger partial charge in [-0.15, -0.1) is 0 Å². The van der Waals surface area contributed by atoms with E-state index < -0.39 is 4.92 Å². The SMILES string of the molecule is CN(C)c1ccc([N+](=O)[O-])cc1C(=O)N[C@@H]1C=C[C@H](CO)C1. The molecule has 0 heterocycles. The van der Waals surface area contributed by atoms with E-state index in [1.165, 1.54) is 12.1 Å². The van der Waals surface area contributed by atoms with E-state index in [0.29, 0.717) is 12.1 Å². The van der Waals surface area contributed by atoms with Crippen molar-refractivity contribution in [2.24, 2.45) is 5.92 Å². The van der Waals surface area contributed by atoms with E-state index in [9.17, 15) is 14.9 Å². The summed E-state index contributed by atoms with van der Waals surface area (Å²) in [5.41, 5.74) is 0.759. The minimum atomic E-state index is -0.520. The van der Waals surface area contributed by atoms with Crippen LogP contribution in [0.3, 0.4) is 0 Å². The van der Waals surface area contributed by atoms with Gasteiger partial charge in [0.25, 0.3) is 11.6 Å². The predicted octanol–water partition coefficient (Wildman–Crippen LogP) is 1.33. The van der Waals surface area contributed by atoms with Crippen molar-refractivity contribution in [3.63, 3.8) is 0 Å². The highest BCUT2D eigenvalue weighted by Crippen LogP contribution is 2.25. The van der Waals surface area contributed by atoms with Crippen LogP contribution in [-0.4, -0.2) is 42.7 Å². The van der Waals surface area contributed by atoms with Crippen LogP contribution in [0.5, 0.6) is 0 Å². The van der Waals surface area contributed by atoms with Gasteiger partial charge < -0.3 is 15.3 Å². The molecule has 0 aromatic heterocycles. The Labute approximate surface area is 128 Å². The molecule has 1 aliphatic carbocycles. The number of non-ortho nitro benzene ring substituents is 1. The van der Waals surface area contributed by atoms with Crippen LogP contribution in [0.1, 0.15) is 16.8 Å². The van der Waals surface area contributed by atoms with E-state index >= 15 is 0 Å². The second-order valence-electron chi connectivity index (χ2n) is 5.50. The lowest BCUT2D eigenvalue weighted by atomic mass is 10.1. The third kappa shape index (κ3) is 3.43. The maximum Gasteiger partial charge on any atom is 0.270 e. The number of aliphatic hydroxyl groups excluding tert-OH is 1. The van der Waals surface area contributed by atoms with Crippen molar-refractivity contribution in [3.8, 4) is 0 Å². The van der Waals surface area contributed by atoms with Crippen molar-refractivity contribution in [1.29, 1.82) is 0 Å². The number of nitrogens with one attached hydrogen (secondary N) is 1. The van der Waals surface area contributed by atoms with Crippen LogP contribution >= 0.6 is 0 Å². The average molecular weight is 305 g/mol. The largest absolute Gasteiger partial charge is 0.396 e. The zero-order valence-corrected chi connectivity index (χ0v) is 12.5. The van der Waals surface area contributed by atoms with Crippen molar-refractivity contribution in [1.82, 2.24) is 5.32 Å². The molecule has 1 aromatic carbocycles. The van der Waals surface area contributed by atoms with E-state index in [-0.39, 0.29) is 35.7 Å². The molecule has 0 fully saturated rings. The van der Waals surface area contributed by atoms with Gasteiger partial charge in [0, 0.05) is 50.5 Å². The highest BCUT2D eigenvalue weighted by molar-refractivity contribution is 6.00. The zero-order chi connectivity index (χ0) is 16.3. The molecule has 2 atom stereocenters. The van der Waals surface area contributed by atoms with E-state index in [4.69, 9.17) is 5.11 Å². The second kappa shape index (κ2) is 6.57. The minimum Gasteiger partial charge on any atom is -0.396 e. The maximum atomic E-state index is 12.4. The Bertz CT molecular complexity index is 613. The number of nitrogens with zero attached hydrogens (tertiary/aromatic N) is 2. The van der Waals surface area contributed by atoms with Gasteiger partial charge in [0.15, 0.2) is 0 Å². The number of carbonyl (C=O) groups excluding carboxylic acids is 1. The van der Waals surface area contributed by atoms with Crippen molar-refractivity contribution in [2.45, 2.75) is 12.5 Å². The summed E-state index contributed by atoms with van der Waals surface area (Å²) in [5.74, 6) is -0.315. The molecule has 22 heavy (non-hydrogen) atoms. The molecule has 0 aliphatic heterocycles. The first kappa shape index (κ1) is 16.0. The van der Waals surface area contributed by atoms with E-state index in [2.05, 4.69) is 5.32 Å². The number of carbonyl (C=O) groups is 1. The third-order valence-corrected chi connectivity index (χ3v) is 3.64. The maximum absolute atomic E-state index is 12.4. The molecule has 0 radical (unpaired) electrons. The molecule has 118 valence electrons. The highest BCUT2D eigenvalue weighted by atomic mass is 16.6. The zero-order valence-electron chi connectivity index (χ0n) is 12.5. The summed E-state index contributed by atoms with van der Waals surface area (Å²) in [7, 11) is 3.55. The molecule has 1 amide bonds. The Morgan fingerprint density at radius 2 is 2.18 bits per heavy atom. The van der Waals surface area contributed by atoms with Gasteiger partial charge in [-0.05, 0) is 12.5 Å². The Kier molecular flexibility index (Phi) is 4.77. The first-order chi connectivity index (χ1) is 10.4. The van der Waals surface area contributed by atoms with Gasteiger partial charge in [-0.25, -0.2) is 0 Å². The van der Waals surface area contributed by atoms with Crippen molar-refractivity contribution < 1.29 is 14.8 Å². The monoisotopic (exact) mass is 305 g/mol. The topological polar surface area (TPSA) is 95.7 Å². The van der Waals surface area contributed by atoms with Gasteiger partial charge in [0.2, 0.25) is 0 Å². The fraction of sp³-hybridized carbons (Fsp3) is 0.400. The Balaban J connectivity index is 2.22. The summed E-state index contributed by atoms with van der Waals surface area (Å²) in [6, 6.07) is 4.06. The number of benzene rings is 1. The lowest BCUT2D eigenvalue weighted by molar-refractivity contribution is -0.384. The fourth-order valence-electron chi connectivity index (χ4n) is 2.47. The molecule has 7 heteroatoms. The van der Waals surface area contributed by atoms with Crippen molar-refractivity contribution >= 4 is 17.3 Å². The molecular formula is C15H19N3O4. The Hall–Kier alpha value is -2.41. The molecule has 0 bridgehead atoms. The molecule has 1 aromatic rings. The van der Waals surface area contributed by atoms with Crippen molar-refractivity contribution in [2.75, 3.05) is 25.6 Å². The first-order valence-electron chi connectivity index (χ1n) is 6.98. The van der Waals surface area contributed by atoms with Crippen LogP contribution in [0.2, 0.25) is 0 Å². The smallest absolute Gasteiger partial charge is 0.270 e. The quantitative estimate of drug-likeness (QED) is 0.486. The van der Waals surface area contributed by atoms with Crippen LogP contribution in [-0.2, 0) is 0 Å². The summed E-state index contributed by atoms with van der Waals surface area (Å²) in [6.45, 7) is 0.0443. The van der Waals surface area contributed by atoms with Gasteiger partial charge >= 0.3 is 0 Å². The molecule has 7 nitrogen and oxygen atoms in total. The molecule has 0 saturated heterocycles. The van der Waals surface area contributed by atoms with E-state index in [0.717, 1.165) is 0 Å². The van der Waals surface area contributed by atoms with Gasteiger partial charge in [0.1, 0.15) is 0 Å². The molecule has 0 saturated carbocycles. The molecule has 2 rings (SSSR count). The van der Waals surface area contributed by atoms with E-state index in [1.807, 2.05) is 12.2 Å². The molecular weight excluding hydrogens is 286 g/mol. The number of hydrogen-bond donors (Lipinski definition) is 2. The summed E-state index contributed by atoms with van der Waals surface area (Å²) in [5, 5.41) is 22.8. The highest BCUT2D eigenvalue weighted by Gasteiger charge is 2.23. The fourth-order valence-corrected chi connectivity index (χ4v) is 2.47. The van der Waals surface area contributed by atoms with Crippen LogP contribution in [0.4, 0.5) is 11.4 Å². The minimum absolute atomic E-state index is 0.0443. The number of anilines is 1. The molecule has 1 aliphatic rings. The van der Waals surface area contributed by atoms with Crippen LogP contribution in [0.15, 0.2) is 30.4 Å². The summed E-state index contributed by atoms with van der Waals surface area (Å²) < 4.78 is 0. The number of nitro benzene ring substituents is 1. The van der Waals surface area contributed by atoms with Gasteiger partial charge in [-0.3, -0.25) is 14.9 Å². The van der Waals surface area contributed by atoms with Crippen LogP contribution < -0.4 is 10.2 Å². The Morgan fingerprint density at radius 3 is 2.73 bits per heavy atom. The molecule has 0 spiro atoms. The van der Waals surface area contributed by atoms with Gasteiger partial charge in [0.05, 0.1) is 10.5 Å². The normalized spacial score (nSPS) is 20.0. The number of nitro groups is 1. The van der Waals surface area contributed by atoms with Gasteiger partial charge in [-0.1, -0.05) is 12.2 Å². The predicted molar refractivity (Wildman–Crippen MR) is 83.0 cm³/mol. The lowest BCUT2D eigenvalue weighted by Gasteiger charge is -2.18. The molecule has 0 unspecified atom stereocenters. The summed E-state index contributed by atoms with van der Waals surface area (Å²) in [4.78, 5) is 24.6. The number of amides is 1. The number of hydrogen-bond acceptors (Lipinski definition) is 5. The first-order valence-corrected chi connectivity index (χ1v) is 6.98. The van der Waals surface area contributed by atoms with Crippen molar-refractivity contribution in [3.05, 3.63) is 46.0 Å². The lowest BCUT2D eigenvalue weighted by Crippen LogP contribution is -2.34. The van der Waals surface area contributed by atoms with Crippen LogP contribution in [0.25, 0.3) is 0 Å². The van der Waals surface area contributed by atoms with Gasteiger partial charge in [-0.2, -0.15) is 0 Å².